The Kier molecular flexibility index (Phi) is 1.94. The third-order valence-corrected chi connectivity index (χ3v) is 2.09. The molecule has 0 N–H and O–H groups in total. The Labute approximate surface area is 71.8 Å². The minimum Gasteiger partial charge on any atom is -0.474 e. The molecular weight excluding hydrogens is 152 g/mol. The third-order valence-electron chi connectivity index (χ3n) is 2.09. The Morgan fingerprint density at radius 3 is 2.92 bits per heavy atom. The van der Waals surface area contributed by atoms with Crippen LogP contribution in [-0.2, 0) is 0 Å². The molecular formula is C9H12N2O. The molecule has 0 bridgehead atoms. The Hall–Kier alpha value is -1.12. The van der Waals surface area contributed by atoms with Gasteiger partial charge >= 0.3 is 0 Å². The second kappa shape index (κ2) is 3.09. The molecule has 0 radical (unpaired) electrons. The SMILES string of the molecule is Cc1nccc(OC2CCC2)n1. The van der Waals surface area contributed by atoms with Gasteiger partial charge in [-0.25, -0.2) is 4.98 Å². The normalized spacial score (nSPS) is 17.1. The summed E-state index contributed by atoms with van der Waals surface area (Å²) in [5.41, 5.74) is 0. The van der Waals surface area contributed by atoms with Gasteiger partial charge in [-0.3, -0.25) is 0 Å². The number of hydrogen-bond acceptors (Lipinski definition) is 3. The van der Waals surface area contributed by atoms with E-state index in [1.54, 1.807) is 6.20 Å². The van der Waals surface area contributed by atoms with Crippen LogP contribution in [0.25, 0.3) is 0 Å². The quantitative estimate of drug-likeness (QED) is 0.667. The van der Waals surface area contributed by atoms with Crippen LogP contribution >= 0.6 is 0 Å². The Balaban J connectivity index is 2.02. The highest BCUT2D eigenvalue weighted by Gasteiger charge is 2.19. The highest BCUT2D eigenvalue weighted by atomic mass is 16.5. The Morgan fingerprint density at radius 1 is 1.50 bits per heavy atom. The molecule has 1 aromatic rings. The molecule has 1 aromatic heterocycles. The lowest BCUT2D eigenvalue weighted by Crippen LogP contribution is -2.25. The van der Waals surface area contributed by atoms with Crippen LogP contribution in [0, 0.1) is 6.92 Å². The van der Waals surface area contributed by atoms with E-state index in [-0.39, 0.29) is 0 Å². The van der Waals surface area contributed by atoms with E-state index in [2.05, 4.69) is 9.97 Å². The van der Waals surface area contributed by atoms with Crippen molar-refractivity contribution in [3.8, 4) is 5.88 Å². The lowest BCUT2D eigenvalue weighted by molar-refractivity contribution is 0.114. The highest BCUT2D eigenvalue weighted by molar-refractivity contribution is 5.08. The van der Waals surface area contributed by atoms with E-state index >= 15 is 0 Å². The van der Waals surface area contributed by atoms with Crippen LogP contribution < -0.4 is 4.74 Å². The maximum atomic E-state index is 5.58. The number of ether oxygens (including phenoxy) is 1. The van der Waals surface area contributed by atoms with Gasteiger partial charge in [0.2, 0.25) is 5.88 Å². The zero-order valence-corrected chi connectivity index (χ0v) is 7.16. The number of rotatable bonds is 2. The van der Waals surface area contributed by atoms with E-state index in [4.69, 9.17) is 4.74 Å². The van der Waals surface area contributed by atoms with Gasteiger partial charge in [-0.15, -0.1) is 0 Å². The zero-order valence-electron chi connectivity index (χ0n) is 7.16. The molecule has 0 aliphatic heterocycles. The molecule has 0 aromatic carbocycles. The maximum Gasteiger partial charge on any atom is 0.216 e. The molecule has 2 rings (SSSR count). The molecule has 0 saturated heterocycles. The van der Waals surface area contributed by atoms with Crippen LogP contribution in [0.15, 0.2) is 12.3 Å². The highest BCUT2D eigenvalue weighted by Crippen LogP contribution is 2.23. The molecule has 1 saturated carbocycles. The fourth-order valence-corrected chi connectivity index (χ4v) is 1.16. The summed E-state index contributed by atoms with van der Waals surface area (Å²) < 4.78 is 5.58. The maximum absolute atomic E-state index is 5.58. The molecule has 0 atom stereocenters. The van der Waals surface area contributed by atoms with E-state index in [0.717, 1.165) is 5.82 Å². The topological polar surface area (TPSA) is 35.0 Å². The van der Waals surface area contributed by atoms with Crippen LogP contribution in [0.3, 0.4) is 0 Å². The van der Waals surface area contributed by atoms with Gasteiger partial charge in [0.1, 0.15) is 11.9 Å². The summed E-state index contributed by atoms with van der Waals surface area (Å²) in [6.07, 6.45) is 5.76. The summed E-state index contributed by atoms with van der Waals surface area (Å²) in [5.74, 6) is 1.49. The van der Waals surface area contributed by atoms with Crippen LogP contribution in [0.1, 0.15) is 25.1 Å². The first-order chi connectivity index (χ1) is 5.84. The average molecular weight is 164 g/mol. The standard InChI is InChI=1S/C9H12N2O/c1-7-10-6-5-9(11-7)12-8-3-2-4-8/h5-6,8H,2-4H2,1H3. The fraction of sp³-hybridized carbons (Fsp3) is 0.556. The van der Waals surface area contributed by atoms with Crippen molar-refractivity contribution in [1.82, 2.24) is 9.97 Å². The first-order valence-electron chi connectivity index (χ1n) is 4.31. The van der Waals surface area contributed by atoms with Crippen LogP contribution in [0.5, 0.6) is 5.88 Å². The smallest absolute Gasteiger partial charge is 0.216 e. The van der Waals surface area contributed by atoms with Crippen molar-refractivity contribution in [2.75, 3.05) is 0 Å². The molecule has 3 heteroatoms. The van der Waals surface area contributed by atoms with Gasteiger partial charge in [-0.1, -0.05) is 0 Å². The molecule has 1 fully saturated rings. The molecule has 0 amide bonds. The van der Waals surface area contributed by atoms with Crippen molar-refractivity contribution in [2.24, 2.45) is 0 Å². The largest absolute Gasteiger partial charge is 0.474 e. The van der Waals surface area contributed by atoms with E-state index in [1.165, 1.54) is 19.3 Å². The van der Waals surface area contributed by atoms with E-state index in [0.29, 0.717) is 12.0 Å². The van der Waals surface area contributed by atoms with Crippen molar-refractivity contribution in [3.05, 3.63) is 18.1 Å². The summed E-state index contributed by atoms with van der Waals surface area (Å²) in [4.78, 5) is 8.16. The van der Waals surface area contributed by atoms with Crippen molar-refractivity contribution in [2.45, 2.75) is 32.3 Å². The summed E-state index contributed by atoms with van der Waals surface area (Å²) in [6.45, 7) is 1.87. The first-order valence-corrected chi connectivity index (χ1v) is 4.31. The molecule has 0 spiro atoms. The molecule has 3 nitrogen and oxygen atoms in total. The number of aryl methyl sites for hydroxylation is 1. The van der Waals surface area contributed by atoms with Crippen molar-refractivity contribution in [1.29, 1.82) is 0 Å². The molecule has 64 valence electrons. The molecule has 1 aliphatic rings. The fourth-order valence-electron chi connectivity index (χ4n) is 1.16. The Morgan fingerprint density at radius 2 is 2.33 bits per heavy atom. The average Bonchev–Trinajstić information content (AvgIpc) is 1.97. The predicted molar refractivity (Wildman–Crippen MR) is 45.0 cm³/mol. The van der Waals surface area contributed by atoms with Crippen molar-refractivity contribution < 1.29 is 4.74 Å². The monoisotopic (exact) mass is 164 g/mol. The minimum absolute atomic E-state index is 0.402. The van der Waals surface area contributed by atoms with Gasteiger partial charge in [0, 0.05) is 12.3 Å². The van der Waals surface area contributed by atoms with E-state index < -0.39 is 0 Å². The van der Waals surface area contributed by atoms with Gasteiger partial charge in [0.05, 0.1) is 0 Å². The molecule has 0 unspecified atom stereocenters. The van der Waals surface area contributed by atoms with Crippen LogP contribution in [-0.4, -0.2) is 16.1 Å². The summed E-state index contributed by atoms with van der Waals surface area (Å²) >= 11 is 0. The summed E-state index contributed by atoms with van der Waals surface area (Å²) in [5, 5.41) is 0. The van der Waals surface area contributed by atoms with Crippen LogP contribution in [0.2, 0.25) is 0 Å². The van der Waals surface area contributed by atoms with Gasteiger partial charge in [-0.2, -0.15) is 4.98 Å². The van der Waals surface area contributed by atoms with Crippen molar-refractivity contribution in [3.63, 3.8) is 0 Å². The predicted octanol–water partition coefficient (Wildman–Crippen LogP) is 1.72. The lowest BCUT2D eigenvalue weighted by Gasteiger charge is -2.25. The number of nitrogens with zero attached hydrogens (tertiary/aromatic N) is 2. The van der Waals surface area contributed by atoms with E-state index in [1.807, 2.05) is 13.0 Å². The van der Waals surface area contributed by atoms with Gasteiger partial charge in [-0.05, 0) is 26.2 Å². The zero-order chi connectivity index (χ0) is 8.39. The molecule has 1 heterocycles. The summed E-state index contributed by atoms with van der Waals surface area (Å²) in [7, 11) is 0. The first kappa shape index (κ1) is 7.53. The second-order valence-electron chi connectivity index (χ2n) is 3.11. The van der Waals surface area contributed by atoms with Crippen LogP contribution in [0.4, 0.5) is 0 Å². The van der Waals surface area contributed by atoms with Gasteiger partial charge in [0.15, 0.2) is 0 Å². The van der Waals surface area contributed by atoms with Gasteiger partial charge < -0.3 is 4.74 Å². The number of aromatic nitrogens is 2. The molecule has 12 heavy (non-hydrogen) atoms. The minimum atomic E-state index is 0.402. The lowest BCUT2D eigenvalue weighted by atomic mass is 9.96. The summed E-state index contributed by atoms with van der Waals surface area (Å²) in [6, 6.07) is 1.81. The van der Waals surface area contributed by atoms with Crippen molar-refractivity contribution >= 4 is 0 Å². The molecule has 1 aliphatic carbocycles. The second-order valence-corrected chi connectivity index (χ2v) is 3.11. The van der Waals surface area contributed by atoms with E-state index in [9.17, 15) is 0 Å². The third kappa shape index (κ3) is 1.55. The van der Waals surface area contributed by atoms with Gasteiger partial charge in [0.25, 0.3) is 0 Å². The number of hydrogen-bond donors (Lipinski definition) is 0. The Bertz CT molecular complexity index is 271.